The lowest BCUT2D eigenvalue weighted by Gasteiger charge is -2.07. The lowest BCUT2D eigenvalue weighted by Crippen LogP contribution is -2.21. The van der Waals surface area contributed by atoms with E-state index < -0.39 is 0 Å². The number of benzene rings is 3. The van der Waals surface area contributed by atoms with Gasteiger partial charge in [-0.25, -0.2) is 0 Å². The first-order valence-electron chi connectivity index (χ1n) is 14.7. The maximum Gasteiger partial charge on any atom is 0.135 e. The molecule has 0 radical (unpaired) electrons. The molecule has 0 bridgehead atoms. The smallest absolute Gasteiger partial charge is 0.135 e. The molecule has 6 rings (SSSR count). The Labute approximate surface area is 257 Å². The summed E-state index contributed by atoms with van der Waals surface area (Å²) in [5, 5.41) is 3.20. The fourth-order valence-corrected chi connectivity index (χ4v) is 5.46. The number of allylic oxidation sites excluding steroid dienone is 10. The van der Waals surface area contributed by atoms with E-state index in [2.05, 4.69) is 97.2 Å². The van der Waals surface area contributed by atoms with Crippen LogP contribution in [0.15, 0.2) is 147 Å². The molecule has 0 atom stereocenters. The molecule has 214 valence electrons. The molecule has 0 amide bonds. The molecule has 5 aromatic rings. The molecule has 1 aliphatic rings. The van der Waals surface area contributed by atoms with E-state index in [0.717, 1.165) is 71.9 Å². The van der Waals surface area contributed by atoms with E-state index in [1.165, 1.54) is 0 Å². The fourth-order valence-electron chi connectivity index (χ4n) is 5.46. The Balaban J connectivity index is 1.52. The summed E-state index contributed by atoms with van der Waals surface area (Å²) in [6.07, 6.45) is 25.4. The summed E-state index contributed by atoms with van der Waals surface area (Å²) in [6, 6.07) is 24.7. The van der Waals surface area contributed by atoms with Crippen molar-refractivity contribution in [3.8, 4) is 0 Å². The van der Waals surface area contributed by atoms with Crippen LogP contribution in [0.25, 0.3) is 57.5 Å². The van der Waals surface area contributed by atoms with Crippen molar-refractivity contribution in [2.24, 2.45) is 4.99 Å². The SMILES string of the molecule is C=Cc1oc2/c(c1/C=C\C)=C\C=C\C(c1ccc3oc4ccccc4c3c1)=C/C(C/C=C(\N=C)c1ccccc1)=C\C=C\C=2. The van der Waals surface area contributed by atoms with Crippen LogP contribution in [0.4, 0.5) is 0 Å². The molecule has 1 aliphatic carbocycles. The Morgan fingerprint density at radius 3 is 2.45 bits per heavy atom. The molecule has 0 unspecified atom stereocenters. The maximum absolute atomic E-state index is 6.19. The van der Waals surface area contributed by atoms with Crippen LogP contribution in [0.5, 0.6) is 0 Å². The molecule has 0 saturated heterocycles. The van der Waals surface area contributed by atoms with Gasteiger partial charge in [-0.3, -0.25) is 4.99 Å². The van der Waals surface area contributed by atoms with Gasteiger partial charge in [0, 0.05) is 21.6 Å². The quantitative estimate of drug-likeness (QED) is 0.182. The molecule has 3 heteroatoms. The van der Waals surface area contributed by atoms with Crippen molar-refractivity contribution in [2.75, 3.05) is 0 Å². The van der Waals surface area contributed by atoms with Gasteiger partial charge >= 0.3 is 0 Å². The molecule has 2 heterocycles. The second-order valence-corrected chi connectivity index (χ2v) is 10.4. The van der Waals surface area contributed by atoms with E-state index in [-0.39, 0.29) is 0 Å². The first kappa shape index (κ1) is 28.4. The minimum Gasteiger partial charge on any atom is -0.456 e. The Bertz CT molecular complexity index is 2170. The first-order chi connectivity index (χ1) is 21.7. The zero-order valence-corrected chi connectivity index (χ0v) is 24.7. The van der Waals surface area contributed by atoms with E-state index in [4.69, 9.17) is 8.83 Å². The number of hydrogen-bond acceptors (Lipinski definition) is 3. The fraction of sp³-hybridized carbons (Fsp3) is 0.0488. The monoisotopic (exact) mass is 571 g/mol. The van der Waals surface area contributed by atoms with Gasteiger partial charge in [0.1, 0.15) is 22.3 Å². The minimum atomic E-state index is 0.670. The van der Waals surface area contributed by atoms with Crippen molar-refractivity contribution in [3.05, 3.63) is 167 Å². The van der Waals surface area contributed by atoms with Crippen molar-refractivity contribution in [3.63, 3.8) is 0 Å². The highest BCUT2D eigenvalue weighted by Gasteiger charge is 2.10. The molecule has 0 aliphatic heterocycles. The predicted octanol–water partition coefficient (Wildman–Crippen LogP) is 9.68. The van der Waals surface area contributed by atoms with Gasteiger partial charge in [0.2, 0.25) is 0 Å². The van der Waals surface area contributed by atoms with E-state index in [0.29, 0.717) is 6.42 Å². The van der Waals surface area contributed by atoms with Crippen LogP contribution in [-0.4, -0.2) is 6.72 Å². The van der Waals surface area contributed by atoms with E-state index in [1.54, 1.807) is 6.08 Å². The van der Waals surface area contributed by atoms with E-state index in [9.17, 15) is 0 Å². The van der Waals surface area contributed by atoms with Crippen LogP contribution in [0.1, 0.15) is 35.8 Å². The zero-order chi connectivity index (χ0) is 30.3. The number of fused-ring (bicyclic) bond motifs is 4. The highest BCUT2D eigenvalue weighted by atomic mass is 16.3. The molecule has 0 saturated carbocycles. The predicted molar refractivity (Wildman–Crippen MR) is 188 cm³/mol. The van der Waals surface area contributed by atoms with Crippen LogP contribution in [0.2, 0.25) is 0 Å². The summed E-state index contributed by atoms with van der Waals surface area (Å²) in [5.41, 5.74) is 8.71. The molecule has 3 nitrogen and oxygen atoms in total. The molecule has 3 aromatic carbocycles. The van der Waals surface area contributed by atoms with E-state index in [1.807, 2.05) is 67.6 Å². The van der Waals surface area contributed by atoms with Crippen molar-refractivity contribution in [1.82, 2.24) is 0 Å². The Morgan fingerprint density at radius 2 is 1.64 bits per heavy atom. The Morgan fingerprint density at radius 1 is 0.841 bits per heavy atom. The van der Waals surface area contributed by atoms with Gasteiger partial charge in [-0.05, 0) is 72.7 Å². The van der Waals surface area contributed by atoms with Gasteiger partial charge in [0.15, 0.2) is 0 Å². The number of furan rings is 2. The van der Waals surface area contributed by atoms with Gasteiger partial charge in [-0.1, -0.05) is 122 Å². The van der Waals surface area contributed by atoms with Gasteiger partial charge in [0.05, 0.1) is 5.70 Å². The molecule has 2 aromatic heterocycles. The second-order valence-electron chi connectivity index (χ2n) is 10.4. The van der Waals surface area contributed by atoms with Gasteiger partial charge < -0.3 is 8.83 Å². The number of nitrogens with zero attached hydrogens (tertiary/aromatic N) is 1. The highest BCUT2D eigenvalue weighted by Crippen LogP contribution is 2.32. The summed E-state index contributed by atoms with van der Waals surface area (Å²) >= 11 is 0. The normalized spacial score (nSPS) is 19.2. The van der Waals surface area contributed by atoms with Crippen LogP contribution in [0.3, 0.4) is 0 Å². The number of rotatable bonds is 7. The van der Waals surface area contributed by atoms with Crippen molar-refractivity contribution < 1.29 is 8.83 Å². The van der Waals surface area contributed by atoms with Gasteiger partial charge in [0.25, 0.3) is 0 Å². The van der Waals surface area contributed by atoms with Crippen molar-refractivity contribution >= 4 is 64.2 Å². The number of para-hydroxylation sites is 1. The molecular weight excluding hydrogens is 538 g/mol. The van der Waals surface area contributed by atoms with Crippen LogP contribution in [0, 0.1) is 0 Å². The minimum absolute atomic E-state index is 0.670. The lowest BCUT2D eigenvalue weighted by atomic mass is 9.98. The van der Waals surface area contributed by atoms with Crippen molar-refractivity contribution in [2.45, 2.75) is 13.3 Å². The second kappa shape index (κ2) is 13.1. The maximum atomic E-state index is 6.19. The largest absolute Gasteiger partial charge is 0.456 e. The summed E-state index contributed by atoms with van der Waals surface area (Å²) in [4.78, 5) is 4.32. The molecule has 0 N–H and O–H groups in total. The third-order valence-corrected chi connectivity index (χ3v) is 7.59. The van der Waals surface area contributed by atoms with Crippen LogP contribution < -0.4 is 10.6 Å². The average Bonchev–Trinajstić information content (AvgIpc) is 3.59. The molecular formula is C41H33NO2. The van der Waals surface area contributed by atoms with Crippen LogP contribution in [-0.2, 0) is 0 Å². The summed E-state index contributed by atoms with van der Waals surface area (Å²) < 4.78 is 12.3. The third kappa shape index (κ3) is 5.95. The third-order valence-electron chi connectivity index (χ3n) is 7.59. The highest BCUT2D eigenvalue weighted by molar-refractivity contribution is 6.06. The Hall–Kier alpha value is -5.67. The summed E-state index contributed by atoms with van der Waals surface area (Å²) in [7, 11) is 0. The molecule has 0 fully saturated rings. The van der Waals surface area contributed by atoms with Crippen LogP contribution >= 0.6 is 0 Å². The average molecular weight is 572 g/mol. The zero-order valence-electron chi connectivity index (χ0n) is 24.7. The van der Waals surface area contributed by atoms with E-state index >= 15 is 0 Å². The first-order valence-corrected chi connectivity index (χ1v) is 14.7. The molecule has 44 heavy (non-hydrogen) atoms. The van der Waals surface area contributed by atoms with Gasteiger partial charge in [-0.15, -0.1) is 0 Å². The number of aliphatic imine (C=N–C) groups is 1. The van der Waals surface area contributed by atoms with Gasteiger partial charge in [-0.2, -0.15) is 0 Å². The lowest BCUT2D eigenvalue weighted by molar-refractivity contribution is 0.522. The topological polar surface area (TPSA) is 38.6 Å². The Kier molecular flexibility index (Phi) is 8.47. The summed E-state index contributed by atoms with van der Waals surface area (Å²) in [5.74, 6) is 0.747. The molecule has 0 spiro atoms. The standard InChI is InChI=1S/C41H33NO2/c1-4-14-33-34-20-13-18-31(32-24-26-41-36(28-32)35-19-10-12-22-40(35)44-41)27-29(15-9-11-21-39(34)43-38(33)5-2)23-25-37(42-3)30-16-7-6-8-17-30/h4-22,24-28H,2-3,23H2,1H3/b11-9+,14-4-,15-9?,18-13+,20-13?,21-11?,29-15-,29-27?,31-18?,31-27+,34-20-,37-25-,39-21+. The van der Waals surface area contributed by atoms with Crippen molar-refractivity contribution in [1.29, 1.82) is 0 Å². The number of hydrogen-bond donors (Lipinski definition) is 0. The summed E-state index contributed by atoms with van der Waals surface area (Å²) in [6.45, 7) is 9.79.